The van der Waals surface area contributed by atoms with Gasteiger partial charge < -0.3 is 4.90 Å². The highest BCUT2D eigenvalue weighted by molar-refractivity contribution is 7.09. The molecule has 1 unspecified atom stereocenters. The Morgan fingerprint density at radius 1 is 1.27 bits per heavy atom. The fourth-order valence-electron chi connectivity index (χ4n) is 3.41. The standard InChI is InChI=1S/C18H21N5O2S/c1-10-9-26-17(20-10)15-3-2-6-23(15)18(25)12-7-13(11-4-5-11)21-14(8-12)16(24)22-19/h7-9,11,15H,2-6,19H2,1H3,(H,22,24). The predicted molar refractivity (Wildman–Crippen MR) is 97.7 cm³/mol. The van der Waals surface area contributed by atoms with E-state index in [1.54, 1.807) is 17.4 Å². The number of hydrazine groups is 1. The molecule has 2 aromatic rings. The van der Waals surface area contributed by atoms with E-state index in [4.69, 9.17) is 5.84 Å². The SMILES string of the molecule is Cc1csc(C2CCCN2C(=O)c2cc(C(=O)NN)nc(C3CC3)c2)n1. The molecule has 2 fully saturated rings. The van der Waals surface area contributed by atoms with E-state index in [0.717, 1.165) is 42.1 Å². The van der Waals surface area contributed by atoms with Crippen molar-refractivity contribution < 1.29 is 9.59 Å². The number of rotatable bonds is 4. The van der Waals surface area contributed by atoms with Gasteiger partial charge in [-0.15, -0.1) is 11.3 Å². The van der Waals surface area contributed by atoms with Crippen molar-refractivity contribution in [1.29, 1.82) is 0 Å². The normalized spacial score (nSPS) is 19.6. The number of amides is 2. The van der Waals surface area contributed by atoms with Gasteiger partial charge in [0, 0.05) is 34.8 Å². The highest BCUT2D eigenvalue weighted by atomic mass is 32.1. The third-order valence-electron chi connectivity index (χ3n) is 4.89. The minimum Gasteiger partial charge on any atom is -0.329 e. The van der Waals surface area contributed by atoms with Crippen LogP contribution in [0.4, 0.5) is 0 Å². The number of nitrogens with two attached hydrogens (primary N) is 1. The maximum absolute atomic E-state index is 13.2. The Bertz CT molecular complexity index is 861. The van der Waals surface area contributed by atoms with Crippen LogP contribution in [-0.2, 0) is 0 Å². The van der Waals surface area contributed by atoms with Crippen molar-refractivity contribution in [2.45, 2.75) is 44.6 Å². The summed E-state index contributed by atoms with van der Waals surface area (Å²) >= 11 is 1.59. The molecule has 0 radical (unpaired) electrons. The van der Waals surface area contributed by atoms with Crippen LogP contribution < -0.4 is 11.3 Å². The number of hydrogen-bond acceptors (Lipinski definition) is 6. The molecule has 3 N–H and O–H groups in total. The largest absolute Gasteiger partial charge is 0.329 e. The first-order valence-electron chi connectivity index (χ1n) is 8.82. The monoisotopic (exact) mass is 371 g/mol. The first kappa shape index (κ1) is 17.1. The summed E-state index contributed by atoms with van der Waals surface area (Å²) in [6.07, 6.45) is 3.94. The van der Waals surface area contributed by atoms with Gasteiger partial charge >= 0.3 is 0 Å². The van der Waals surface area contributed by atoms with E-state index in [-0.39, 0.29) is 17.6 Å². The van der Waals surface area contributed by atoms with Crippen LogP contribution in [0.1, 0.15) is 74.9 Å². The van der Waals surface area contributed by atoms with E-state index < -0.39 is 5.91 Å². The smallest absolute Gasteiger partial charge is 0.283 e. The zero-order chi connectivity index (χ0) is 18.3. The van der Waals surface area contributed by atoms with Crippen LogP contribution in [0, 0.1) is 6.92 Å². The second-order valence-electron chi connectivity index (χ2n) is 6.90. The van der Waals surface area contributed by atoms with Gasteiger partial charge in [-0.1, -0.05) is 0 Å². The molecule has 1 aliphatic heterocycles. The number of pyridine rings is 1. The Balaban J connectivity index is 1.66. The predicted octanol–water partition coefficient (Wildman–Crippen LogP) is 2.30. The Hall–Kier alpha value is -2.32. The summed E-state index contributed by atoms with van der Waals surface area (Å²) in [5.41, 5.74) is 4.58. The van der Waals surface area contributed by atoms with Crippen molar-refractivity contribution in [3.8, 4) is 0 Å². The molecule has 2 amide bonds. The van der Waals surface area contributed by atoms with Crippen LogP contribution in [0.5, 0.6) is 0 Å². The molecule has 4 rings (SSSR count). The van der Waals surface area contributed by atoms with Crippen molar-refractivity contribution >= 4 is 23.2 Å². The number of likely N-dealkylation sites (tertiary alicyclic amines) is 1. The van der Waals surface area contributed by atoms with Crippen molar-refractivity contribution in [3.63, 3.8) is 0 Å². The molecule has 1 atom stereocenters. The number of nitrogens with one attached hydrogen (secondary N) is 1. The second-order valence-corrected chi connectivity index (χ2v) is 7.79. The lowest BCUT2D eigenvalue weighted by Crippen LogP contribution is -2.33. The van der Waals surface area contributed by atoms with E-state index in [1.807, 2.05) is 23.3 Å². The molecule has 0 aromatic carbocycles. The first-order valence-corrected chi connectivity index (χ1v) is 9.70. The van der Waals surface area contributed by atoms with Crippen LogP contribution in [-0.4, -0.2) is 33.2 Å². The Labute approximate surface area is 155 Å². The fraction of sp³-hybridized carbons (Fsp3) is 0.444. The Morgan fingerprint density at radius 2 is 2.08 bits per heavy atom. The molecule has 2 aliphatic rings. The van der Waals surface area contributed by atoms with E-state index in [9.17, 15) is 9.59 Å². The second kappa shape index (κ2) is 6.77. The first-order chi connectivity index (χ1) is 12.6. The van der Waals surface area contributed by atoms with Crippen LogP contribution in [0.3, 0.4) is 0 Å². The molecule has 0 bridgehead atoms. The minimum atomic E-state index is -0.477. The minimum absolute atomic E-state index is 0.00512. The number of carbonyl (C=O) groups excluding carboxylic acids is 2. The van der Waals surface area contributed by atoms with E-state index in [2.05, 4.69) is 15.4 Å². The molecule has 1 aliphatic carbocycles. The molecular weight excluding hydrogens is 350 g/mol. The van der Waals surface area contributed by atoms with Gasteiger partial charge in [0.15, 0.2) is 0 Å². The third-order valence-corrected chi connectivity index (χ3v) is 5.95. The summed E-state index contributed by atoms with van der Waals surface area (Å²) < 4.78 is 0. The maximum Gasteiger partial charge on any atom is 0.283 e. The molecule has 3 heterocycles. The van der Waals surface area contributed by atoms with Crippen molar-refractivity contribution in [3.05, 3.63) is 45.2 Å². The number of nitrogens with zero attached hydrogens (tertiary/aromatic N) is 3. The molecule has 136 valence electrons. The summed E-state index contributed by atoms with van der Waals surface area (Å²) in [5, 5.41) is 2.99. The van der Waals surface area contributed by atoms with Gasteiger partial charge in [0.25, 0.3) is 11.8 Å². The van der Waals surface area contributed by atoms with Crippen LogP contribution in [0.2, 0.25) is 0 Å². The van der Waals surface area contributed by atoms with Crippen LogP contribution in [0.15, 0.2) is 17.5 Å². The summed E-state index contributed by atoms with van der Waals surface area (Å²) in [5.74, 6) is 5.04. The van der Waals surface area contributed by atoms with Gasteiger partial charge in [-0.05, 0) is 44.7 Å². The zero-order valence-corrected chi connectivity index (χ0v) is 15.4. The van der Waals surface area contributed by atoms with Crippen molar-refractivity contribution in [2.75, 3.05) is 6.54 Å². The molecule has 1 saturated carbocycles. The number of nitrogen functional groups attached to an aromatic ring is 1. The lowest BCUT2D eigenvalue weighted by atomic mass is 10.1. The highest BCUT2D eigenvalue weighted by Crippen LogP contribution is 2.40. The van der Waals surface area contributed by atoms with Crippen LogP contribution >= 0.6 is 11.3 Å². The summed E-state index contributed by atoms with van der Waals surface area (Å²) in [4.78, 5) is 36.0. The molecule has 2 aromatic heterocycles. The van der Waals surface area contributed by atoms with Gasteiger partial charge in [-0.2, -0.15) is 0 Å². The van der Waals surface area contributed by atoms with Gasteiger partial charge in [-0.3, -0.25) is 15.0 Å². The lowest BCUT2D eigenvalue weighted by molar-refractivity contribution is 0.0735. The molecule has 26 heavy (non-hydrogen) atoms. The zero-order valence-electron chi connectivity index (χ0n) is 14.6. The number of thiazole rings is 1. The third kappa shape index (κ3) is 3.22. The van der Waals surface area contributed by atoms with Gasteiger partial charge in [0.1, 0.15) is 10.7 Å². The summed E-state index contributed by atoms with van der Waals surface area (Å²) in [6, 6.07) is 3.37. The quantitative estimate of drug-likeness (QED) is 0.488. The van der Waals surface area contributed by atoms with E-state index >= 15 is 0 Å². The number of aryl methyl sites for hydroxylation is 1. The fourth-order valence-corrected chi connectivity index (χ4v) is 4.35. The highest BCUT2D eigenvalue weighted by Gasteiger charge is 2.34. The summed E-state index contributed by atoms with van der Waals surface area (Å²) in [6.45, 7) is 2.66. The van der Waals surface area contributed by atoms with Crippen molar-refractivity contribution in [1.82, 2.24) is 20.3 Å². The lowest BCUT2D eigenvalue weighted by Gasteiger charge is -2.23. The topological polar surface area (TPSA) is 101 Å². The number of aromatic nitrogens is 2. The van der Waals surface area contributed by atoms with Crippen molar-refractivity contribution in [2.24, 2.45) is 5.84 Å². The summed E-state index contributed by atoms with van der Waals surface area (Å²) in [7, 11) is 0. The van der Waals surface area contributed by atoms with Gasteiger partial charge in [0.2, 0.25) is 0 Å². The average Bonchev–Trinajstić information content (AvgIpc) is 3.24. The Kier molecular flexibility index (Phi) is 4.46. The number of carbonyl (C=O) groups is 2. The van der Waals surface area contributed by atoms with Gasteiger partial charge in [-0.25, -0.2) is 15.8 Å². The van der Waals surface area contributed by atoms with Crippen LogP contribution in [0.25, 0.3) is 0 Å². The molecular formula is C18H21N5O2S. The number of hydrogen-bond donors (Lipinski definition) is 2. The molecule has 8 heteroatoms. The molecule has 0 spiro atoms. The Morgan fingerprint density at radius 3 is 2.73 bits per heavy atom. The maximum atomic E-state index is 13.2. The molecule has 7 nitrogen and oxygen atoms in total. The van der Waals surface area contributed by atoms with Gasteiger partial charge in [0.05, 0.1) is 6.04 Å². The average molecular weight is 371 g/mol. The van der Waals surface area contributed by atoms with E-state index in [1.165, 1.54) is 0 Å². The van der Waals surface area contributed by atoms with E-state index in [0.29, 0.717) is 18.0 Å². The molecule has 1 saturated heterocycles.